The number of carbonyl (C=O) groups excluding carboxylic acids is 3. The summed E-state index contributed by atoms with van der Waals surface area (Å²) in [5, 5.41) is 3.23. The molecule has 0 spiro atoms. The van der Waals surface area contributed by atoms with E-state index in [0.717, 1.165) is 4.46 Å². The topological polar surface area (TPSA) is 137 Å². The molecule has 0 radical (unpaired) electrons. The predicted octanol–water partition coefficient (Wildman–Crippen LogP) is 4.73. The molecule has 10 nitrogen and oxygen atoms in total. The van der Waals surface area contributed by atoms with E-state index in [0.29, 0.717) is 5.56 Å². The minimum atomic E-state index is -1.29. The molecule has 5 atom stereocenters. The standard InChI is InChI=1S/C33H27N3O7Se/c34-36-35-27-29(43-32(39)24-17-9-3-10-18-24)28(42-31(38)23-15-7-2-8-16-23)26(21-40-30(37)22-13-5-1-6-14-22)41-33(27)44-25-19-11-4-12-20-25/h1-20,26-29,33H,21H2/t26-,27-,28+,29-,33-/m1/s1. The number of hydrogen-bond acceptors (Lipinski definition) is 8. The van der Waals surface area contributed by atoms with Crippen LogP contribution in [0.1, 0.15) is 31.1 Å². The second-order valence-corrected chi connectivity index (χ2v) is 12.1. The summed E-state index contributed by atoms with van der Waals surface area (Å²) >= 11 is -0.451. The Morgan fingerprint density at radius 3 is 1.64 bits per heavy atom. The van der Waals surface area contributed by atoms with Crippen LogP contribution in [0, 0.1) is 0 Å². The van der Waals surface area contributed by atoms with Crippen molar-refractivity contribution in [3.05, 3.63) is 148 Å². The summed E-state index contributed by atoms with van der Waals surface area (Å²) in [6.45, 7) is -0.329. The molecule has 1 saturated heterocycles. The van der Waals surface area contributed by atoms with Gasteiger partial charge >= 0.3 is 260 Å². The van der Waals surface area contributed by atoms with Crippen LogP contribution in [-0.4, -0.2) is 68.8 Å². The van der Waals surface area contributed by atoms with Crippen molar-refractivity contribution in [2.45, 2.75) is 29.4 Å². The van der Waals surface area contributed by atoms with E-state index < -0.39 is 62.2 Å². The summed E-state index contributed by atoms with van der Waals surface area (Å²) in [5.74, 6) is -2.03. The van der Waals surface area contributed by atoms with Gasteiger partial charge in [0.15, 0.2) is 0 Å². The summed E-state index contributed by atoms with van der Waals surface area (Å²) in [4.78, 5) is 42.6. The molecule has 0 N–H and O–H groups in total. The second kappa shape index (κ2) is 15.0. The zero-order valence-electron chi connectivity index (χ0n) is 23.2. The van der Waals surface area contributed by atoms with Crippen LogP contribution in [-0.2, 0) is 18.9 Å². The first-order valence-corrected chi connectivity index (χ1v) is 15.5. The van der Waals surface area contributed by atoms with Gasteiger partial charge in [0.05, 0.1) is 0 Å². The van der Waals surface area contributed by atoms with Crippen molar-refractivity contribution in [1.29, 1.82) is 0 Å². The van der Waals surface area contributed by atoms with Crippen LogP contribution < -0.4 is 4.46 Å². The molecular weight excluding hydrogens is 629 g/mol. The molecule has 1 aliphatic heterocycles. The maximum atomic E-state index is 13.4. The maximum absolute atomic E-state index is 13.4. The van der Waals surface area contributed by atoms with Crippen LogP contribution in [0.2, 0.25) is 0 Å². The summed E-state index contributed by atoms with van der Waals surface area (Å²) in [7, 11) is 0. The van der Waals surface area contributed by atoms with Crippen molar-refractivity contribution < 1.29 is 33.3 Å². The Balaban J connectivity index is 1.52. The van der Waals surface area contributed by atoms with Crippen molar-refractivity contribution in [3.63, 3.8) is 0 Å². The van der Waals surface area contributed by atoms with E-state index in [1.54, 1.807) is 91.0 Å². The van der Waals surface area contributed by atoms with Crippen molar-refractivity contribution in [1.82, 2.24) is 0 Å². The third-order valence-electron chi connectivity index (χ3n) is 6.69. The molecule has 0 aliphatic carbocycles. The molecule has 44 heavy (non-hydrogen) atoms. The number of ether oxygens (including phenoxy) is 4. The third-order valence-corrected chi connectivity index (χ3v) is 9.14. The van der Waals surface area contributed by atoms with Crippen LogP contribution in [0.3, 0.4) is 0 Å². The molecule has 5 rings (SSSR count). The van der Waals surface area contributed by atoms with Crippen LogP contribution in [0.4, 0.5) is 0 Å². The zero-order valence-corrected chi connectivity index (χ0v) is 25.0. The molecule has 1 fully saturated rings. The number of rotatable bonds is 10. The first-order valence-electron chi connectivity index (χ1n) is 13.7. The first-order chi connectivity index (χ1) is 21.5. The summed E-state index contributed by atoms with van der Waals surface area (Å²) in [6, 6.07) is 33.4. The van der Waals surface area contributed by atoms with Crippen molar-refractivity contribution in [3.8, 4) is 0 Å². The van der Waals surface area contributed by atoms with Gasteiger partial charge in [-0.2, -0.15) is 0 Å². The number of azide groups is 1. The van der Waals surface area contributed by atoms with Gasteiger partial charge in [-0.05, 0) is 0 Å². The Kier molecular flexibility index (Phi) is 10.4. The number of hydrogen-bond donors (Lipinski definition) is 0. The Morgan fingerprint density at radius 1 is 0.682 bits per heavy atom. The third kappa shape index (κ3) is 7.72. The van der Waals surface area contributed by atoms with Crippen molar-refractivity contribution >= 4 is 37.3 Å². The monoisotopic (exact) mass is 657 g/mol. The number of nitrogens with zero attached hydrogens (tertiary/aromatic N) is 3. The van der Waals surface area contributed by atoms with E-state index in [2.05, 4.69) is 10.0 Å². The molecule has 0 amide bonds. The van der Waals surface area contributed by atoms with E-state index in [9.17, 15) is 19.9 Å². The molecule has 4 aromatic carbocycles. The van der Waals surface area contributed by atoms with E-state index in [-0.39, 0.29) is 17.7 Å². The van der Waals surface area contributed by atoms with Gasteiger partial charge in [-0.3, -0.25) is 0 Å². The summed E-state index contributed by atoms with van der Waals surface area (Å²) < 4.78 is 24.9. The van der Waals surface area contributed by atoms with E-state index in [1.807, 2.05) is 30.3 Å². The van der Waals surface area contributed by atoms with E-state index in [4.69, 9.17) is 18.9 Å². The number of benzene rings is 4. The van der Waals surface area contributed by atoms with Gasteiger partial charge < -0.3 is 0 Å². The number of carbonyl (C=O) groups is 3. The van der Waals surface area contributed by atoms with Crippen LogP contribution >= 0.6 is 0 Å². The van der Waals surface area contributed by atoms with Gasteiger partial charge in [0.2, 0.25) is 0 Å². The average Bonchev–Trinajstić information content (AvgIpc) is 3.08. The predicted molar refractivity (Wildman–Crippen MR) is 161 cm³/mol. The van der Waals surface area contributed by atoms with Crippen LogP contribution in [0.15, 0.2) is 126 Å². The fraction of sp³-hybridized carbons (Fsp3) is 0.182. The van der Waals surface area contributed by atoms with Gasteiger partial charge in [0.1, 0.15) is 0 Å². The van der Waals surface area contributed by atoms with Gasteiger partial charge in [0, 0.05) is 0 Å². The molecule has 1 heterocycles. The molecule has 11 heteroatoms. The summed E-state index contributed by atoms with van der Waals surface area (Å²) in [6.07, 6.45) is -3.63. The van der Waals surface area contributed by atoms with Gasteiger partial charge in [-0.15, -0.1) is 0 Å². The normalized spacial score (nSPS) is 20.9. The second-order valence-electron chi connectivity index (χ2n) is 9.61. The molecule has 0 bridgehead atoms. The van der Waals surface area contributed by atoms with Gasteiger partial charge in [-0.1, -0.05) is 0 Å². The molecule has 4 aromatic rings. The SMILES string of the molecule is [N-]=[N+]=N[C@@H]1[C@@H](OC(=O)c2ccccc2)[C@@H](OC(=O)c2ccccc2)[C@@H](COC(=O)c2ccccc2)O[C@@H]1[Se]c1ccccc1. The Bertz CT molecular complexity index is 1600. The van der Waals surface area contributed by atoms with Gasteiger partial charge in [0.25, 0.3) is 0 Å². The molecule has 0 unspecified atom stereocenters. The van der Waals surface area contributed by atoms with Crippen LogP contribution in [0.25, 0.3) is 10.4 Å². The van der Waals surface area contributed by atoms with Crippen molar-refractivity contribution in [2.75, 3.05) is 6.61 Å². The van der Waals surface area contributed by atoms with Crippen LogP contribution in [0.5, 0.6) is 0 Å². The molecular formula is C33H27N3O7Se. The molecule has 1 aliphatic rings. The Morgan fingerprint density at radius 2 is 1.14 bits per heavy atom. The van der Waals surface area contributed by atoms with E-state index in [1.165, 1.54) is 0 Å². The Hall–Kier alpha value is -4.92. The fourth-order valence-electron chi connectivity index (χ4n) is 4.56. The van der Waals surface area contributed by atoms with E-state index >= 15 is 0 Å². The van der Waals surface area contributed by atoms with Crippen molar-refractivity contribution in [2.24, 2.45) is 5.11 Å². The first kappa shape index (κ1) is 30.5. The minimum absolute atomic E-state index is 0.247. The average molecular weight is 657 g/mol. The zero-order chi connectivity index (χ0) is 30.7. The molecule has 0 saturated carbocycles. The summed E-state index contributed by atoms with van der Waals surface area (Å²) in [5.41, 5.74) is 10.4. The Labute approximate surface area is 259 Å². The van der Waals surface area contributed by atoms with Gasteiger partial charge in [-0.25, -0.2) is 0 Å². The molecule has 222 valence electrons. The number of esters is 3. The fourth-order valence-corrected chi connectivity index (χ4v) is 6.93. The molecule has 0 aromatic heterocycles. The quantitative estimate of drug-likeness (QED) is 0.0601.